The monoisotopic (exact) mass is 449 g/mol. The van der Waals surface area contributed by atoms with Crippen molar-refractivity contribution in [2.75, 3.05) is 12.5 Å². The van der Waals surface area contributed by atoms with E-state index in [1.165, 1.54) is 19.5 Å². The topological polar surface area (TPSA) is 72.8 Å². The summed E-state index contributed by atoms with van der Waals surface area (Å²) in [4.78, 5) is 16.1. The Morgan fingerprint density at radius 2 is 1.86 bits per heavy atom. The Morgan fingerprint density at radius 3 is 2.52 bits per heavy atom. The Hall–Kier alpha value is -2.80. The Morgan fingerprint density at radius 1 is 1.10 bits per heavy atom. The van der Waals surface area contributed by atoms with Crippen LogP contribution in [0, 0.1) is 0 Å². The van der Waals surface area contributed by atoms with Crippen molar-refractivity contribution < 1.29 is 14.3 Å². The number of hydrogen-bond acceptors (Lipinski definition) is 6. The number of pyridine rings is 1. The van der Waals surface area contributed by atoms with Crippen molar-refractivity contribution in [1.82, 2.24) is 4.98 Å². The molecule has 148 valence electrons. The molecule has 0 aliphatic rings. The lowest BCUT2D eigenvalue weighted by atomic mass is 10.2. The number of hydrazone groups is 1. The van der Waals surface area contributed by atoms with Gasteiger partial charge in [-0.05, 0) is 48.0 Å². The third-order valence-corrected chi connectivity index (χ3v) is 4.50. The van der Waals surface area contributed by atoms with Crippen molar-refractivity contribution in [1.29, 1.82) is 0 Å². The Labute approximate surface area is 182 Å². The summed E-state index contributed by atoms with van der Waals surface area (Å²) < 4.78 is 10.7. The third kappa shape index (κ3) is 5.38. The van der Waals surface area contributed by atoms with Gasteiger partial charge in [-0.2, -0.15) is 5.10 Å². The zero-order valence-electron chi connectivity index (χ0n) is 15.0. The maximum Gasteiger partial charge on any atom is 0.345 e. The van der Waals surface area contributed by atoms with Crippen LogP contribution in [0.4, 0.5) is 5.69 Å². The van der Waals surface area contributed by atoms with Crippen LogP contribution in [0.3, 0.4) is 0 Å². The molecule has 6 nitrogen and oxygen atoms in total. The normalized spacial score (nSPS) is 10.8. The summed E-state index contributed by atoms with van der Waals surface area (Å²) in [7, 11) is 1.48. The molecular formula is C20H14Cl3N3O3. The molecule has 29 heavy (non-hydrogen) atoms. The standard InChI is InChI=1S/C20H14Cl3N3O3/c1-28-18-7-12(10-25-26-19-15(22)8-14(21)9-16(19)23)4-5-17(18)29-20(27)13-3-2-6-24-11-13/h2-11,26H,1H3. The molecule has 0 aliphatic carbocycles. The van der Waals surface area contributed by atoms with Crippen molar-refractivity contribution in [2.24, 2.45) is 5.10 Å². The first kappa shape index (κ1) is 20.9. The van der Waals surface area contributed by atoms with E-state index in [0.29, 0.717) is 37.6 Å². The Bertz CT molecular complexity index is 1040. The number of nitrogens with one attached hydrogen (secondary N) is 1. The van der Waals surface area contributed by atoms with Gasteiger partial charge in [-0.25, -0.2) is 4.79 Å². The van der Waals surface area contributed by atoms with Gasteiger partial charge in [0.25, 0.3) is 0 Å². The summed E-state index contributed by atoms with van der Waals surface area (Å²) in [6.45, 7) is 0. The van der Waals surface area contributed by atoms with Crippen molar-refractivity contribution in [3.05, 3.63) is 81.1 Å². The molecule has 0 aliphatic heterocycles. The SMILES string of the molecule is COc1cc(C=NNc2c(Cl)cc(Cl)cc2Cl)ccc1OC(=O)c1cccnc1. The minimum atomic E-state index is -0.536. The second-order valence-corrected chi connectivity index (χ2v) is 6.91. The van der Waals surface area contributed by atoms with Crippen LogP contribution < -0.4 is 14.9 Å². The molecular weight excluding hydrogens is 437 g/mol. The summed E-state index contributed by atoms with van der Waals surface area (Å²) in [5.74, 6) is 0.107. The molecule has 1 aromatic heterocycles. The fourth-order valence-corrected chi connectivity index (χ4v) is 3.21. The lowest BCUT2D eigenvalue weighted by Crippen LogP contribution is -2.09. The molecule has 0 amide bonds. The van der Waals surface area contributed by atoms with Gasteiger partial charge in [0.1, 0.15) is 0 Å². The number of methoxy groups -OCH3 is 1. The zero-order chi connectivity index (χ0) is 20.8. The number of benzene rings is 2. The number of anilines is 1. The number of halogens is 3. The first-order chi connectivity index (χ1) is 14.0. The van der Waals surface area contributed by atoms with Crippen LogP contribution in [0.15, 0.2) is 60.0 Å². The van der Waals surface area contributed by atoms with E-state index in [1.807, 2.05) is 0 Å². The Balaban J connectivity index is 1.73. The molecule has 0 bridgehead atoms. The van der Waals surface area contributed by atoms with Gasteiger partial charge in [-0.15, -0.1) is 0 Å². The molecule has 3 rings (SSSR count). The van der Waals surface area contributed by atoms with Gasteiger partial charge < -0.3 is 9.47 Å². The second-order valence-electron chi connectivity index (χ2n) is 5.66. The van der Waals surface area contributed by atoms with E-state index in [4.69, 9.17) is 44.3 Å². The van der Waals surface area contributed by atoms with Gasteiger partial charge in [-0.1, -0.05) is 34.8 Å². The van der Waals surface area contributed by atoms with Crippen molar-refractivity contribution >= 4 is 52.7 Å². The summed E-state index contributed by atoms with van der Waals surface area (Å²) in [6, 6.07) is 11.4. The summed E-state index contributed by atoms with van der Waals surface area (Å²) in [6.07, 6.45) is 4.54. The predicted molar refractivity (Wildman–Crippen MR) is 115 cm³/mol. The van der Waals surface area contributed by atoms with E-state index < -0.39 is 5.97 Å². The maximum atomic E-state index is 12.2. The molecule has 1 heterocycles. The van der Waals surface area contributed by atoms with Gasteiger partial charge in [0.2, 0.25) is 0 Å². The van der Waals surface area contributed by atoms with Crippen LogP contribution in [-0.4, -0.2) is 24.3 Å². The minimum absolute atomic E-state index is 0.273. The van der Waals surface area contributed by atoms with E-state index in [2.05, 4.69) is 15.5 Å². The zero-order valence-corrected chi connectivity index (χ0v) is 17.3. The first-order valence-corrected chi connectivity index (χ1v) is 9.35. The first-order valence-electron chi connectivity index (χ1n) is 8.22. The Kier molecular flexibility index (Phi) is 6.93. The second kappa shape index (κ2) is 9.60. The van der Waals surface area contributed by atoms with Gasteiger partial charge in [0.15, 0.2) is 11.5 Å². The lowest BCUT2D eigenvalue weighted by Gasteiger charge is -2.10. The molecule has 0 saturated carbocycles. The molecule has 0 radical (unpaired) electrons. The van der Waals surface area contributed by atoms with E-state index in [-0.39, 0.29) is 5.75 Å². The number of aromatic nitrogens is 1. The van der Waals surface area contributed by atoms with Crippen LogP contribution in [0.1, 0.15) is 15.9 Å². The maximum absolute atomic E-state index is 12.2. The minimum Gasteiger partial charge on any atom is -0.493 e. The predicted octanol–water partition coefficient (Wildman–Crippen LogP) is 5.72. The van der Waals surface area contributed by atoms with E-state index in [0.717, 1.165) is 0 Å². The molecule has 0 spiro atoms. The highest BCUT2D eigenvalue weighted by atomic mass is 35.5. The van der Waals surface area contributed by atoms with Gasteiger partial charge in [0, 0.05) is 17.4 Å². The van der Waals surface area contributed by atoms with Crippen LogP contribution >= 0.6 is 34.8 Å². The van der Waals surface area contributed by atoms with Gasteiger partial charge in [-0.3, -0.25) is 10.4 Å². The third-order valence-electron chi connectivity index (χ3n) is 3.68. The highest BCUT2D eigenvalue weighted by Crippen LogP contribution is 2.33. The number of carbonyl (C=O) groups excluding carboxylic acids is 1. The van der Waals surface area contributed by atoms with E-state index in [9.17, 15) is 4.79 Å². The van der Waals surface area contributed by atoms with E-state index in [1.54, 1.807) is 48.7 Å². The van der Waals surface area contributed by atoms with Crippen LogP contribution in [0.25, 0.3) is 0 Å². The number of ether oxygens (including phenoxy) is 2. The number of esters is 1. The van der Waals surface area contributed by atoms with Gasteiger partial charge >= 0.3 is 5.97 Å². The highest BCUT2D eigenvalue weighted by molar-refractivity contribution is 6.41. The quantitative estimate of drug-likeness (QED) is 0.225. The summed E-state index contributed by atoms with van der Waals surface area (Å²) >= 11 is 18.1. The molecule has 0 unspecified atom stereocenters. The highest BCUT2D eigenvalue weighted by Gasteiger charge is 2.13. The van der Waals surface area contributed by atoms with E-state index >= 15 is 0 Å². The number of nitrogens with zero attached hydrogens (tertiary/aromatic N) is 2. The summed E-state index contributed by atoms with van der Waals surface area (Å²) in [5, 5.41) is 5.23. The molecule has 2 aromatic carbocycles. The number of carbonyl (C=O) groups is 1. The molecule has 1 N–H and O–H groups in total. The fraction of sp³-hybridized carbons (Fsp3) is 0.0500. The van der Waals surface area contributed by atoms with Crippen LogP contribution in [-0.2, 0) is 0 Å². The fourth-order valence-electron chi connectivity index (χ4n) is 2.31. The largest absolute Gasteiger partial charge is 0.493 e. The number of hydrogen-bond donors (Lipinski definition) is 1. The van der Waals surface area contributed by atoms with Crippen molar-refractivity contribution in [3.63, 3.8) is 0 Å². The molecule has 9 heteroatoms. The van der Waals surface area contributed by atoms with Gasteiger partial charge in [0.05, 0.1) is 34.6 Å². The smallest absolute Gasteiger partial charge is 0.345 e. The number of rotatable bonds is 6. The molecule has 3 aromatic rings. The average molecular weight is 451 g/mol. The van der Waals surface area contributed by atoms with Crippen molar-refractivity contribution in [2.45, 2.75) is 0 Å². The lowest BCUT2D eigenvalue weighted by molar-refractivity contribution is 0.0729. The molecule has 0 atom stereocenters. The van der Waals surface area contributed by atoms with Crippen LogP contribution in [0.5, 0.6) is 11.5 Å². The molecule has 0 fully saturated rings. The molecule has 0 saturated heterocycles. The average Bonchev–Trinajstić information content (AvgIpc) is 2.71. The van der Waals surface area contributed by atoms with Crippen molar-refractivity contribution in [3.8, 4) is 11.5 Å². The summed E-state index contributed by atoms with van der Waals surface area (Å²) in [5.41, 5.74) is 4.24. The van der Waals surface area contributed by atoms with Crippen LogP contribution in [0.2, 0.25) is 15.1 Å².